The van der Waals surface area contributed by atoms with E-state index in [9.17, 15) is 4.79 Å². The number of fused-ring (bicyclic) bond motifs is 1. The summed E-state index contributed by atoms with van der Waals surface area (Å²) in [6.07, 6.45) is 0.197. The lowest BCUT2D eigenvalue weighted by atomic mass is 9.92. The number of amides is 1. The van der Waals surface area contributed by atoms with Crippen LogP contribution in [0.3, 0.4) is 0 Å². The lowest BCUT2D eigenvalue weighted by Gasteiger charge is -2.17. The molecule has 4 rings (SSSR count). The SMILES string of the molecule is COc1ccc(NC(=O)Cc2c(C)nc3ccccc3c2-c2ccccc2)c(OC)c1. The largest absolute Gasteiger partial charge is 0.497 e. The van der Waals surface area contributed by atoms with E-state index in [1.165, 1.54) is 0 Å². The molecule has 0 fully saturated rings. The van der Waals surface area contributed by atoms with E-state index < -0.39 is 0 Å². The predicted octanol–water partition coefficient (Wildman–Crippen LogP) is 5.41. The van der Waals surface area contributed by atoms with Crippen LogP contribution in [-0.2, 0) is 11.2 Å². The monoisotopic (exact) mass is 412 g/mol. The van der Waals surface area contributed by atoms with Gasteiger partial charge in [-0.25, -0.2) is 0 Å². The molecule has 0 bridgehead atoms. The average Bonchev–Trinajstić information content (AvgIpc) is 2.80. The van der Waals surface area contributed by atoms with E-state index >= 15 is 0 Å². The number of nitrogens with zero attached hydrogens (tertiary/aromatic N) is 1. The number of ether oxygens (including phenoxy) is 2. The van der Waals surface area contributed by atoms with Gasteiger partial charge in [0, 0.05) is 17.1 Å². The number of carbonyl (C=O) groups excluding carboxylic acids is 1. The summed E-state index contributed by atoms with van der Waals surface area (Å²) in [5, 5.41) is 4.00. The van der Waals surface area contributed by atoms with Crippen LogP contribution in [0.4, 0.5) is 5.69 Å². The molecular weight excluding hydrogens is 388 g/mol. The maximum atomic E-state index is 13.1. The summed E-state index contributed by atoms with van der Waals surface area (Å²) >= 11 is 0. The van der Waals surface area contributed by atoms with E-state index in [-0.39, 0.29) is 12.3 Å². The first kappa shape index (κ1) is 20.4. The van der Waals surface area contributed by atoms with E-state index in [0.717, 1.165) is 33.3 Å². The van der Waals surface area contributed by atoms with Gasteiger partial charge >= 0.3 is 0 Å². The molecule has 0 atom stereocenters. The lowest BCUT2D eigenvalue weighted by molar-refractivity contribution is -0.115. The number of methoxy groups -OCH3 is 2. The van der Waals surface area contributed by atoms with Gasteiger partial charge in [-0.15, -0.1) is 0 Å². The zero-order valence-electron chi connectivity index (χ0n) is 17.8. The summed E-state index contributed by atoms with van der Waals surface area (Å²) in [5.41, 5.74) is 5.37. The van der Waals surface area contributed by atoms with E-state index in [0.29, 0.717) is 17.2 Å². The molecule has 1 heterocycles. The van der Waals surface area contributed by atoms with E-state index in [4.69, 9.17) is 14.5 Å². The van der Waals surface area contributed by atoms with Crippen LogP contribution in [0.1, 0.15) is 11.3 Å². The van der Waals surface area contributed by atoms with Crippen molar-refractivity contribution in [2.24, 2.45) is 0 Å². The molecule has 31 heavy (non-hydrogen) atoms. The van der Waals surface area contributed by atoms with Gasteiger partial charge in [-0.05, 0) is 41.8 Å². The Morgan fingerprint density at radius 2 is 1.68 bits per heavy atom. The van der Waals surface area contributed by atoms with Gasteiger partial charge in [-0.2, -0.15) is 0 Å². The third kappa shape index (κ3) is 4.21. The second kappa shape index (κ2) is 8.88. The fourth-order valence-electron chi connectivity index (χ4n) is 3.78. The average molecular weight is 412 g/mol. The number of aromatic nitrogens is 1. The van der Waals surface area contributed by atoms with Gasteiger partial charge in [0.2, 0.25) is 5.91 Å². The zero-order chi connectivity index (χ0) is 21.8. The molecule has 0 spiro atoms. The maximum Gasteiger partial charge on any atom is 0.228 e. The van der Waals surface area contributed by atoms with Crippen molar-refractivity contribution < 1.29 is 14.3 Å². The van der Waals surface area contributed by atoms with Crippen LogP contribution in [0.15, 0.2) is 72.8 Å². The molecule has 0 saturated carbocycles. The van der Waals surface area contributed by atoms with Crippen molar-refractivity contribution in [3.05, 3.63) is 84.1 Å². The normalized spacial score (nSPS) is 10.7. The van der Waals surface area contributed by atoms with Crippen molar-refractivity contribution in [1.82, 2.24) is 4.98 Å². The van der Waals surface area contributed by atoms with Crippen molar-refractivity contribution >= 4 is 22.5 Å². The molecule has 5 heteroatoms. The first-order valence-electron chi connectivity index (χ1n) is 10.1. The van der Waals surface area contributed by atoms with Crippen LogP contribution in [0.25, 0.3) is 22.0 Å². The smallest absolute Gasteiger partial charge is 0.228 e. The molecule has 0 radical (unpaired) electrons. The van der Waals surface area contributed by atoms with Crippen molar-refractivity contribution in [3.63, 3.8) is 0 Å². The Kier molecular flexibility index (Phi) is 5.85. The summed E-state index contributed by atoms with van der Waals surface area (Å²) in [6, 6.07) is 23.5. The number of hydrogen-bond acceptors (Lipinski definition) is 4. The molecule has 0 aliphatic carbocycles. The number of para-hydroxylation sites is 1. The molecular formula is C26H24N2O3. The number of nitrogens with one attached hydrogen (secondary N) is 1. The summed E-state index contributed by atoms with van der Waals surface area (Å²) in [5.74, 6) is 1.07. The van der Waals surface area contributed by atoms with Gasteiger partial charge in [0.05, 0.1) is 31.8 Å². The zero-order valence-corrected chi connectivity index (χ0v) is 17.8. The molecule has 1 N–H and O–H groups in total. The highest BCUT2D eigenvalue weighted by atomic mass is 16.5. The topological polar surface area (TPSA) is 60.5 Å². The summed E-state index contributed by atoms with van der Waals surface area (Å²) < 4.78 is 10.6. The number of hydrogen-bond donors (Lipinski definition) is 1. The number of rotatable bonds is 6. The lowest BCUT2D eigenvalue weighted by Crippen LogP contribution is -2.17. The minimum Gasteiger partial charge on any atom is -0.497 e. The Morgan fingerprint density at radius 3 is 2.42 bits per heavy atom. The molecule has 156 valence electrons. The second-order valence-corrected chi connectivity index (χ2v) is 7.23. The van der Waals surface area contributed by atoms with E-state index in [1.807, 2.05) is 43.3 Å². The van der Waals surface area contributed by atoms with Crippen molar-refractivity contribution in [2.75, 3.05) is 19.5 Å². The highest BCUT2D eigenvalue weighted by Gasteiger charge is 2.18. The van der Waals surface area contributed by atoms with E-state index in [2.05, 4.69) is 23.5 Å². The number of aryl methyl sites for hydroxylation is 1. The van der Waals surface area contributed by atoms with Crippen molar-refractivity contribution in [1.29, 1.82) is 0 Å². The van der Waals surface area contributed by atoms with Crippen molar-refractivity contribution in [2.45, 2.75) is 13.3 Å². The standard InChI is InChI=1S/C26H24N2O3/c1-17-21(16-25(29)28-23-14-13-19(30-2)15-24(23)31-3)26(18-9-5-4-6-10-18)20-11-7-8-12-22(20)27-17/h4-15H,16H2,1-3H3,(H,28,29). The summed E-state index contributed by atoms with van der Waals surface area (Å²) in [6.45, 7) is 1.95. The Hall–Kier alpha value is -3.86. The van der Waals surface area contributed by atoms with Crippen LogP contribution in [0, 0.1) is 6.92 Å². The minimum absolute atomic E-state index is 0.138. The molecule has 3 aromatic carbocycles. The van der Waals surface area contributed by atoms with Crippen LogP contribution < -0.4 is 14.8 Å². The Balaban J connectivity index is 1.73. The van der Waals surface area contributed by atoms with Crippen LogP contribution in [0.2, 0.25) is 0 Å². The Bertz CT molecular complexity index is 1240. The number of benzene rings is 3. The molecule has 5 nitrogen and oxygen atoms in total. The van der Waals surface area contributed by atoms with Crippen molar-refractivity contribution in [3.8, 4) is 22.6 Å². The third-order valence-corrected chi connectivity index (χ3v) is 5.28. The highest BCUT2D eigenvalue weighted by molar-refractivity contribution is 6.00. The fourth-order valence-corrected chi connectivity index (χ4v) is 3.78. The van der Waals surface area contributed by atoms with Gasteiger partial charge in [-0.1, -0.05) is 48.5 Å². The summed E-state index contributed by atoms with van der Waals surface area (Å²) in [4.78, 5) is 17.8. The van der Waals surface area contributed by atoms with Gasteiger partial charge in [-0.3, -0.25) is 9.78 Å². The quantitative estimate of drug-likeness (QED) is 0.460. The van der Waals surface area contributed by atoms with Crippen LogP contribution in [0.5, 0.6) is 11.5 Å². The first-order valence-corrected chi connectivity index (χ1v) is 10.1. The molecule has 1 aromatic heterocycles. The number of carbonyl (C=O) groups is 1. The van der Waals surface area contributed by atoms with Crippen LogP contribution in [-0.4, -0.2) is 25.1 Å². The minimum atomic E-state index is -0.138. The maximum absolute atomic E-state index is 13.1. The van der Waals surface area contributed by atoms with Gasteiger partial charge < -0.3 is 14.8 Å². The Labute approximate surface area is 181 Å². The third-order valence-electron chi connectivity index (χ3n) is 5.28. The van der Waals surface area contributed by atoms with Gasteiger partial charge in [0.25, 0.3) is 0 Å². The molecule has 0 saturated heterocycles. The van der Waals surface area contributed by atoms with Crippen LogP contribution >= 0.6 is 0 Å². The first-order chi connectivity index (χ1) is 15.1. The molecule has 1 amide bonds. The molecule has 0 unspecified atom stereocenters. The van der Waals surface area contributed by atoms with Gasteiger partial charge in [0.1, 0.15) is 11.5 Å². The molecule has 4 aromatic rings. The summed E-state index contributed by atoms with van der Waals surface area (Å²) in [7, 11) is 3.16. The predicted molar refractivity (Wildman–Crippen MR) is 124 cm³/mol. The fraction of sp³-hybridized carbons (Fsp3) is 0.154. The molecule has 0 aliphatic heterocycles. The second-order valence-electron chi connectivity index (χ2n) is 7.23. The Morgan fingerprint density at radius 1 is 0.935 bits per heavy atom. The highest BCUT2D eigenvalue weighted by Crippen LogP contribution is 2.34. The molecule has 0 aliphatic rings. The number of pyridine rings is 1. The van der Waals surface area contributed by atoms with Gasteiger partial charge in [0.15, 0.2) is 0 Å². The number of anilines is 1. The van der Waals surface area contributed by atoms with E-state index in [1.54, 1.807) is 32.4 Å².